The van der Waals surface area contributed by atoms with Crippen LogP contribution in [0.2, 0.25) is 0 Å². The van der Waals surface area contributed by atoms with Gasteiger partial charge in [-0.3, -0.25) is 0 Å². The first-order valence-corrected chi connectivity index (χ1v) is 10.2. The second kappa shape index (κ2) is 8.07. The van der Waals surface area contributed by atoms with E-state index in [9.17, 15) is 0 Å². The van der Waals surface area contributed by atoms with Crippen LogP contribution in [0.5, 0.6) is 0 Å². The predicted octanol–water partition coefficient (Wildman–Crippen LogP) is 4.23. The molecule has 0 radical (unpaired) electrons. The van der Waals surface area contributed by atoms with Gasteiger partial charge >= 0.3 is 0 Å². The molecule has 4 heteroatoms. The monoisotopic (exact) mass is 350 g/mol. The van der Waals surface area contributed by atoms with Crippen molar-refractivity contribution in [3.63, 3.8) is 0 Å². The maximum Gasteiger partial charge on any atom is 0.227 e. The van der Waals surface area contributed by atoms with Gasteiger partial charge in [-0.25, -0.2) is 4.98 Å². The number of hydrogen-bond donors (Lipinski definition) is 0. The minimum atomic E-state index is 0.790. The molecule has 0 aliphatic carbocycles. The van der Waals surface area contributed by atoms with Crippen molar-refractivity contribution in [1.29, 1.82) is 0 Å². The van der Waals surface area contributed by atoms with E-state index in [2.05, 4.69) is 53.1 Å². The molecule has 0 bridgehead atoms. The first-order chi connectivity index (χ1) is 12.8. The van der Waals surface area contributed by atoms with Gasteiger partial charge in [0.1, 0.15) is 5.82 Å². The average molecular weight is 351 g/mol. The number of aryl methyl sites for hydroxylation is 1. The summed E-state index contributed by atoms with van der Waals surface area (Å²) >= 11 is 0. The van der Waals surface area contributed by atoms with Crippen LogP contribution in [0.15, 0.2) is 36.4 Å². The average Bonchev–Trinajstić information content (AvgIpc) is 2.70. The molecule has 1 aromatic carbocycles. The van der Waals surface area contributed by atoms with Gasteiger partial charge in [-0.1, -0.05) is 30.3 Å². The molecule has 26 heavy (non-hydrogen) atoms. The standard InChI is InChI=1S/C22H30N4/c1-18-16-21(24-22(23-18)26-12-6-3-7-13-26)25-14-10-20(11-15-25)17-19-8-4-2-5-9-19/h2,4-5,8-9,16,20H,3,6-7,10-15,17H2,1H3. The van der Waals surface area contributed by atoms with E-state index in [-0.39, 0.29) is 0 Å². The van der Waals surface area contributed by atoms with Gasteiger partial charge in [-0.05, 0) is 56.9 Å². The quantitative estimate of drug-likeness (QED) is 0.826. The van der Waals surface area contributed by atoms with E-state index in [0.717, 1.165) is 49.6 Å². The van der Waals surface area contributed by atoms with Crippen molar-refractivity contribution in [3.05, 3.63) is 47.7 Å². The summed E-state index contributed by atoms with van der Waals surface area (Å²) in [5, 5.41) is 0. The normalized spacial score (nSPS) is 19.0. The molecule has 0 spiro atoms. The van der Waals surface area contributed by atoms with Gasteiger partial charge in [0.05, 0.1) is 0 Å². The molecule has 2 fully saturated rings. The number of aromatic nitrogens is 2. The molecule has 3 heterocycles. The van der Waals surface area contributed by atoms with Crippen LogP contribution in [0.1, 0.15) is 43.4 Å². The Bertz CT molecular complexity index is 701. The molecule has 138 valence electrons. The Morgan fingerprint density at radius 2 is 1.62 bits per heavy atom. The Hall–Kier alpha value is -2.10. The molecular weight excluding hydrogens is 320 g/mol. The van der Waals surface area contributed by atoms with E-state index < -0.39 is 0 Å². The summed E-state index contributed by atoms with van der Waals surface area (Å²) in [6.07, 6.45) is 7.56. The second-order valence-corrected chi connectivity index (χ2v) is 7.84. The van der Waals surface area contributed by atoms with Crippen LogP contribution < -0.4 is 9.80 Å². The highest BCUT2D eigenvalue weighted by molar-refractivity contribution is 5.46. The summed E-state index contributed by atoms with van der Waals surface area (Å²) < 4.78 is 0. The minimum Gasteiger partial charge on any atom is -0.356 e. The highest BCUT2D eigenvalue weighted by Gasteiger charge is 2.22. The Kier molecular flexibility index (Phi) is 5.37. The third-order valence-corrected chi connectivity index (χ3v) is 5.77. The molecule has 0 unspecified atom stereocenters. The van der Waals surface area contributed by atoms with Crippen molar-refractivity contribution in [2.75, 3.05) is 36.0 Å². The summed E-state index contributed by atoms with van der Waals surface area (Å²) in [4.78, 5) is 14.5. The molecule has 4 nitrogen and oxygen atoms in total. The molecule has 0 saturated carbocycles. The lowest BCUT2D eigenvalue weighted by molar-refractivity contribution is 0.402. The van der Waals surface area contributed by atoms with Crippen molar-refractivity contribution >= 4 is 11.8 Å². The van der Waals surface area contributed by atoms with Crippen LogP contribution >= 0.6 is 0 Å². The van der Waals surface area contributed by atoms with Gasteiger partial charge in [0.2, 0.25) is 5.95 Å². The maximum atomic E-state index is 4.93. The lowest BCUT2D eigenvalue weighted by Crippen LogP contribution is -2.36. The van der Waals surface area contributed by atoms with Crippen LogP contribution in [-0.2, 0) is 6.42 Å². The zero-order chi connectivity index (χ0) is 17.8. The number of hydrogen-bond acceptors (Lipinski definition) is 4. The molecule has 1 aromatic heterocycles. The van der Waals surface area contributed by atoms with Crippen molar-refractivity contribution in [3.8, 4) is 0 Å². The summed E-state index contributed by atoms with van der Waals surface area (Å²) in [5.41, 5.74) is 2.55. The Labute approximate surface area is 157 Å². The first-order valence-electron chi connectivity index (χ1n) is 10.2. The zero-order valence-electron chi connectivity index (χ0n) is 15.9. The van der Waals surface area contributed by atoms with Crippen LogP contribution in [0.4, 0.5) is 11.8 Å². The van der Waals surface area contributed by atoms with E-state index in [4.69, 9.17) is 9.97 Å². The topological polar surface area (TPSA) is 32.3 Å². The maximum absolute atomic E-state index is 4.93. The highest BCUT2D eigenvalue weighted by Crippen LogP contribution is 2.27. The van der Waals surface area contributed by atoms with E-state index in [1.807, 2.05) is 0 Å². The minimum absolute atomic E-state index is 0.790. The number of benzene rings is 1. The largest absolute Gasteiger partial charge is 0.356 e. The predicted molar refractivity (Wildman–Crippen MR) is 108 cm³/mol. The van der Waals surface area contributed by atoms with Crippen LogP contribution in [-0.4, -0.2) is 36.1 Å². The molecule has 0 amide bonds. The van der Waals surface area contributed by atoms with E-state index in [1.54, 1.807) is 0 Å². The smallest absolute Gasteiger partial charge is 0.227 e. The van der Waals surface area contributed by atoms with Gasteiger partial charge in [-0.15, -0.1) is 0 Å². The van der Waals surface area contributed by atoms with Crippen LogP contribution in [0.25, 0.3) is 0 Å². The zero-order valence-corrected chi connectivity index (χ0v) is 15.9. The van der Waals surface area contributed by atoms with Gasteiger partial charge in [-0.2, -0.15) is 4.98 Å². The fraction of sp³-hybridized carbons (Fsp3) is 0.545. The fourth-order valence-corrected chi connectivity index (χ4v) is 4.25. The van der Waals surface area contributed by atoms with Gasteiger partial charge in [0.25, 0.3) is 0 Å². The molecular formula is C22H30N4. The van der Waals surface area contributed by atoms with Gasteiger partial charge in [0, 0.05) is 37.9 Å². The third-order valence-electron chi connectivity index (χ3n) is 5.77. The van der Waals surface area contributed by atoms with Crippen molar-refractivity contribution in [2.45, 2.75) is 45.4 Å². The number of piperidine rings is 2. The van der Waals surface area contributed by atoms with Gasteiger partial charge < -0.3 is 9.80 Å². The number of rotatable bonds is 4. The summed E-state index contributed by atoms with van der Waals surface area (Å²) in [7, 11) is 0. The SMILES string of the molecule is Cc1cc(N2CCC(Cc3ccccc3)CC2)nc(N2CCCCC2)n1. The number of anilines is 2. The Balaban J connectivity index is 1.40. The lowest BCUT2D eigenvalue weighted by Gasteiger charge is -2.34. The van der Waals surface area contributed by atoms with Crippen LogP contribution in [0, 0.1) is 12.8 Å². The molecule has 2 aliphatic rings. The van der Waals surface area contributed by atoms with Gasteiger partial charge in [0.15, 0.2) is 0 Å². The molecule has 0 atom stereocenters. The highest BCUT2D eigenvalue weighted by atomic mass is 15.3. The fourth-order valence-electron chi connectivity index (χ4n) is 4.25. The van der Waals surface area contributed by atoms with E-state index in [0.29, 0.717) is 0 Å². The van der Waals surface area contributed by atoms with E-state index >= 15 is 0 Å². The summed E-state index contributed by atoms with van der Waals surface area (Å²) in [5.74, 6) is 2.85. The first kappa shape index (κ1) is 17.3. The number of nitrogens with zero attached hydrogens (tertiary/aromatic N) is 4. The van der Waals surface area contributed by atoms with E-state index in [1.165, 1.54) is 44.1 Å². The van der Waals surface area contributed by atoms with Crippen molar-refractivity contribution in [2.24, 2.45) is 5.92 Å². The Morgan fingerprint density at radius 1 is 0.885 bits per heavy atom. The van der Waals surface area contributed by atoms with Crippen LogP contribution in [0.3, 0.4) is 0 Å². The molecule has 0 N–H and O–H groups in total. The molecule has 2 aromatic rings. The van der Waals surface area contributed by atoms with Crippen molar-refractivity contribution in [1.82, 2.24) is 9.97 Å². The third kappa shape index (κ3) is 4.17. The molecule has 2 saturated heterocycles. The molecule has 2 aliphatic heterocycles. The Morgan fingerprint density at radius 3 is 2.35 bits per heavy atom. The lowest BCUT2D eigenvalue weighted by atomic mass is 9.90. The second-order valence-electron chi connectivity index (χ2n) is 7.84. The molecule has 4 rings (SSSR count). The summed E-state index contributed by atoms with van der Waals surface area (Å²) in [6, 6.07) is 13.1. The summed E-state index contributed by atoms with van der Waals surface area (Å²) in [6.45, 7) is 6.51. The van der Waals surface area contributed by atoms with Crippen molar-refractivity contribution < 1.29 is 0 Å².